The molecule has 0 bridgehead atoms. The predicted molar refractivity (Wildman–Crippen MR) is 89.3 cm³/mol. The van der Waals surface area contributed by atoms with Crippen LogP contribution in [0.15, 0.2) is 10.6 Å². The number of benzene rings is 1. The molecule has 0 aliphatic carbocycles. The zero-order valence-electron chi connectivity index (χ0n) is 14.6. The summed E-state index contributed by atoms with van der Waals surface area (Å²) in [6.45, 7) is 8.27. The summed E-state index contributed by atoms with van der Waals surface area (Å²) < 4.78 is 10.8. The molecule has 3 rings (SSSR count). The first-order chi connectivity index (χ1) is 11.6. The van der Waals surface area contributed by atoms with Crippen molar-refractivity contribution in [1.29, 1.82) is 0 Å². The first kappa shape index (κ1) is 17.1. The highest BCUT2D eigenvalue weighted by atomic mass is 16.5. The summed E-state index contributed by atoms with van der Waals surface area (Å²) in [6, 6.07) is 2.12. The maximum absolute atomic E-state index is 9.56. The molecular formula is C18H25N3O3. The largest absolute Gasteiger partial charge is 0.392 e. The molecular weight excluding hydrogens is 306 g/mol. The van der Waals surface area contributed by atoms with Gasteiger partial charge in [-0.25, -0.2) is 0 Å². The molecule has 1 aromatic heterocycles. The van der Waals surface area contributed by atoms with Gasteiger partial charge in [0.15, 0.2) is 5.82 Å². The predicted octanol–water partition coefficient (Wildman–Crippen LogP) is 2.63. The number of aliphatic hydroxyl groups excluding tert-OH is 1. The molecule has 1 saturated heterocycles. The number of nitrogens with one attached hydrogen (secondary N) is 1. The number of aryl methyl sites for hydroxylation is 2. The van der Waals surface area contributed by atoms with Gasteiger partial charge in [-0.2, -0.15) is 4.98 Å². The van der Waals surface area contributed by atoms with Gasteiger partial charge in [0.2, 0.25) is 0 Å². The maximum atomic E-state index is 9.56. The summed E-state index contributed by atoms with van der Waals surface area (Å²) in [5.74, 6) is 1.22. The van der Waals surface area contributed by atoms with Crippen molar-refractivity contribution in [2.45, 2.75) is 59.4 Å². The minimum Gasteiger partial charge on any atom is -0.392 e. The van der Waals surface area contributed by atoms with E-state index in [0.29, 0.717) is 24.8 Å². The van der Waals surface area contributed by atoms with E-state index in [9.17, 15) is 5.11 Å². The molecule has 130 valence electrons. The van der Waals surface area contributed by atoms with Crippen molar-refractivity contribution < 1.29 is 14.4 Å². The van der Waals surface area contributed by atoms with E-state index in [0.717, 1.165) is 36.1 Å². The molecule has 1 fully saturated rings. The standard InChI is InChI=1S/C18H25N3O3/c1-11-7-12(2)15(10-22)13(3)14(11)8-19-9-17-20-18(24-21-17)16-5-4-6-23-16/h7,16,19,22H,4-6,8-10H2,1-3H3. The lowest BCUT2D eigenvalue weighted by atomic mass is 9.94. The van der Waals surface area contributed by atoms with E-state index in [1.54, 1.807) is 0 Å². The molecule has 2 heterocycles. The number of ether oxygens (including phenoxy) is 1. The Morgan fingerprint density at radius 3 is 2.71 bits per heavy atom. The van der Waals surface area contributed by atoms with E-state index in [4.69, 9.17) is 9.26 Å². The van der Waals surface area contributed by atoms with E-state index >= 15 is 0 Å². The van der Waals surface area contributed by atoms with Crippen LogP contribution in [0, 0.1) is 20.8 Å². The SMILES string of the molecule is Cc1cc(C)c(CNCc2noc(C3CCCO3)n2)c(C)c1CO. The third kappa shape index (κ3) is 3.50. The van der Waals surface area contributed by atoms with Gasteiger partial charge >= 0.3 is 0 Å². The Morgan fingerprint density at radius 2 is 2.00 bits per heavy atom. The smallest absolute Gasteiger partial charge is 0.255 e. The number of nitrogens with zero attached hydrogens (tertiary/aromatic N) is 2. The van der Waals surface area contributed by atoms with Crippen LogP contribution < -0.4 is 5.32 Å². The molecule has 1 atom stereocenters. The third-order valence-electron chi connectivity index (χ3n) is 4.72. The lowest BCUT2D eigenvalue weighted by molar-refractivity contribution is 0.0835. The van der Waals surface area contributed by atoms with Crippen LogP contribution in [0.25, 0.3) is 0 Å². The molecule has 6 heteroatoms. The molecule has 24 heavy (non-hydrogen) atoms. The molecule has 1 aliphatic rings. The van der Waals surface area contributed by atoms with Crippen LogP contribution in [0.4, 0.5) is 0 Å². The normalized spacial score (nSPS) is 17.6. The van der Waals surface area contributed by atoms with Crippen molar-refractivity contribution >= 4 is 0 Å². The summed E-state index contributed by atoms with van der Waals surface area (Å²) in [6.07, 6.45) is 1.94. The van der Waals surface area contributed by atoms with E-state index in [1.165, 1.54) is 11.1 Å². The number of aromatic nitrogens is 2. The number of hydrogen-bond donors (Lipinski definition) is 2. The molecule has 2 aromatic rings. The average molecular weight is 331 g/mol. The topological polar surface area (TPSA) is 80.4 Å². The highest BCUT2D eigenvalue weighted by molar-refractivity contribution is 5.44. The van der Waals surface area contributed by atoms with Crippen molar-refractivity contribution in [1.82, 2.24) is 15.5 Å². The Morgan fingerprint density at radius 1 is 1.21 bits per heavy atom. The van der Waals surface area contributed by atoms with Gasteiger partial charge in [-0.15, -0.1) is 0 Å². The van der Waals surface area contributed by atoms with Crippen molar-refractivity contribution in [2.75, 3.05) is 6.61 Å². The van der Waals surface area contributed by atoms with E-state index in [1.807, 2.05) is 6.92 Å². The monoisotopic (exact) mass is 331 g/mol. The van der Waals surface area contributed by atoms with E-state index in [2.05, 4.69) is 35.4 Å². The van der Waals surface area contributed by atoms with Crippen LogP contribution in [-0.4, -0.2) is 21.9 Å². The van der Waals surface area contributed by atoms with Gasteiger partial charge in [0.05, 0.1) is 13.2 Å². The van der Waals surface area contributed by atoms with Gasteiger partial charge in [0, 0.05) is 13.2 Å². The number of rotatable bonds is 6. The minimum atomic E-state index is -0.0417. The van der Waals surface area contributed by atoms with Crippen molar-refractivity contribution in [3.05, 3.63) is 45.6 Å². The van der Waals surface area contributed by atoms with Gasteiger partial charge in [0.25, 0.3) is 5.89 Å². The van der Waals surface area contributed by atoms with E-state index < -0.39 is 0 Å². The fourth-order valence-electron chi connectivity index (χ4n) is 3.33. The van der Waals surface area contributed by atoms with Gasteiger partial charge in [-0.3, -0.25) is 0 Å². The van der Waals surface area contributed by atoms with Gasteiger partial charge in [-0.05, 0) is 61.4 Å². The molecule has 0 saturated carbocycles. The first-order valence-electron chi connectivity index (χ1n) is 8.44. The Bertz CT molecular complexity index is 706. The Balaban J connectivity index is 1.62. The van der Waals surface area contributed by atoms with Crippen molar-refractivity contribution in [3.8, 4) is 0 Å². The van der Waals surface area contributed by atoms with Crippen LogP contribution in [0.3, 0.4) is 0 Å². The Labute approximate surface area is 142 Å². The number of hydrogen-bond acceptors (Lipinski definition) is 6. The van der Waals surface area contributed by atoms with Crippen LogP contribution >= 0.6 is 0 Å². The zero-order valence-corrected chi connectivity index (χ0v) is 14.6. The molecule has 1 aliphatic heterocycles. The Kier molecular flexibility index (Phi) is 5.28. The highest BCUT2D eigenvalue weighted by Gasteiger charge is 2.23. The van der Waals surface area contributed by atoms with E-state index in [-0.39, 0.29) is 12.7 Å². The fourth-order valence-corrected chi connectivity index (χ4v) is 3.33. The molecule has 0 radical (unpaired) electrons. The fraction of sp³-hybridized carbons (Fsp3) is 0.556. The van der Waals surface area contributed by atoms with Crippen molar-refractivity contribution in [2.24, 2.45) is 0 Å². The van der Waals surface area contributed by atoms with Gasteiger partial charge in [0.1, 0.15) is 6.10 Å². The molecule has 0 amide bonds. The first-order valence-corrected chi connectivity index (χ1v) is 8.44. The van der Waals surface area contributed by atoms with Crippen LogP contribution in [0.1, 0.15) is 58.5 Å². The van der Waals surface area contributed by atoms with Gasteiger partial charge < -0.3 is 19.7 Å². The third-order valence-corrected chi connectivity index (χ3v) is 4.72. The second-order valence-corrected chi connectivity index (χ2v) is 6.40. The van der Waals surface area contributed by atoms with Gasteiger partial charge in [-0.1, -0.05) is 11.2 Å². The summed E-state index contributed by atoms with van der Waals surface area (Å²) in [5, 5.41) is 16.9. The summed E-state index contributed by atoms with van der Waals surface area (Å²) >= 11 is 0. The lowest BCUT2D eigenvalue weighted by Crippen LogP contribution is -2.16. The lowest BCUT2D eigenvalue weighted by Gasteiger charge is -2.16. The molecule has 0 spiro atoms. The van der Waals surface area contributed by atoms with Crippen LogP contribution in [0.2, 0.25) is 0 Å². The quantitative estimate of drug-likeness (QED) is 0.847. The second-order valence-electron chi connectivity index (χ2n) is 6.40. The summed E-state index contributed by atoms with van der Waals surface area (Å²) in [4.78, 5) is 4.41. The maximum Gasteiger partial charge on any atom is 0.255 e. The van der Waals surface area contributed by atoms with Crippen LogP contribution in [-0.2, 0) is 24.4 Å². The zero-order chi connectivity index (χ0) is 17.1. The van der Waals surface area contributed by atoms with Crippen molar-refractivity contribution in [3.63, 3.8) is 0 Å². The van der Waals surface area contributed by atoms with Crippen LogP contribution in [0.5, 0.6) is 0 Å². The Hall–Kier alpha value is -1.76. The number of aliphatic hydroxyl groups is 1. The highest BCUT2D eigenvalue weighted by Crippen LogP contribution is 2.27. The molecule has 6 nitrogen and oxygen atoms in total. The summed E-state index contributed by atoms with van der Waals surface area (Å²) in [7, 11) is 0. The molecule has 1 unspecified atom stereocenters. The second kappa shape index (κ2) is 7.42. The summed E-state index contributed by atoms with van der Waals surface area (Å²) in [5.41, 5.74) is 5.74. The minimum absolute atomic E-state index is 0.0417. The average Bonchev–Trinajstić information content (AvgIpc) is 3.21. The molecule has 2 N–H and O–H groups in total. The molecule has 1 aromatic carbocycles.